The van der Waals surface area contributed by atoms with Crippen LogP contribution in [0.25, 0.3) is 0 Å². The zero-order valence-corrected chi connectivity index (χ0v) is 12.9. The zero-order chi connectivity index (χ0) is 16.7. The van der Waals surface area contributed by atoms with Crippen molar-refractivity contribution < 1.29 is 19.4 Å². The van der Waals surface area contributed by atoms with Crippen LogP contribution >= 0.6 is 0 Å². The molecule has 0 aliphatic heterocycles. The SMILES string of the molecule is COc1ccc(NC(=O)C[C@H](Cc2ccccc2)C(=O)O)cc1. The van der Waals surface area contributed by atoms with Gasteiger partial charge in [0.2, 0.25) is 5.91 Å². The summed E-state index contributed by atoms with van der Waals surface area (Å²) in [5.74, 6) is -1.36. The summed E-state index contributed by atoms with van der Waals surface area (Å²) in [5.41, 5.74) is 1.51. The summed E-state index contributed by atoms with van der Waals surface area (Å²) in [6.45, 7) is 0. The molecule has 0 heterocycles. The number of anilines is 1. The fourth-order valence-electron chi connectivity index (χ4n) is 2.26. The van der Waals surface area contributed by atoms with E-state index < -0.39 is 11.9 Å². The van der Waals surface area contributed by atoms with Gasteiger partial charge in [-0.3, -0.25) is 9.59 Å². The van der Waals surface area contributed by atoms with E-state index in [0.717, 1.165) is 5.56 Å². The molecule has 120 valence electrons. The zero-order valence-electron chi connectivity index (χ0n) is 12.9. The van der Waals surface area contributed by atoms with Gasteiger partial charge in [0.1, 0.15) is 5.75 Å². The van der Waals surface area contributed by atoms with Crippen LogP contribution in [0.3, 0.4) is 0 Å². The Morgan fingerprint density at radius 1 is 1.09 bits per heavy atom. The van der Waals surface area contributed by atoms with Gasteiger partial charge in [-0.25, -0.2) is 0 Å². The molecule has 0 spiro atoms. The molecule has 5 nitrogen and oxygen atoms in total. The predicted octanol–water partition coefficient (Wildman–Crippen LogP) is 2.97. The van der Waals surface area contributed by atoms with Crippen molar-refractivity contribution in [3.8, 4) is 5.75 Å². The molecule has 0 unspecified atom stereocenters. The Labute approximate surface area is 134 Å². The standard InChI is InChI=1S/C18H19NO4/c1-23-16-9-7-15(8-10-16)19-17(20)12-14(18(21)22)11-13-5-3-2-4-6-13/h2-10,14H,11-12H2,1H3,(H,19,20)(H,21,22)/t14-/m0/s1. The third kappa shape index (κ3) is 5.14. The summed E-state index contributed by atoms with van der Waals surface area (Å²) in [6, 6.07) is 16.2. The first kappa shape index (κ1) is 16.5. The third-order valence-electron chi connectivity index (χ3n) is 3.48. The number of aliphatic carboxylic acids is 1. The lowest BCUT2D eigenvalue weighted by Crippen LogP contribution is -2.24. The molecule has 0 aliphatic rings. The molecule has 0 aliphatic carbocycles. The quantitative estimate of drug-likeness (QED) is 0.824. The maximum Gasteiger partial charge on any atom is 0.307 e. The highest BCUT2D eigenvalue weighted by atomic mass is 16.5. The maximum absolute atomic E-state index is 12.1. The van der Waals surface area contributed by atoms with Crippen LogP contribution in [-0.2, 0) is 16.0 Å². The number of carboxylic acids is 1. The van der Waals surface area contributed by atoms with E-state index in [4.69, 9.17) is 4.74 Å². The molecular weight excluding hydrogens is 294 g/mol. The summed E-state index contributed by atoms with van der Waals surface area (Å²) < 4.78 is 5.05. The summed E-state index contributed by atoms with van der Waals surface area (Å²) in [5, 5.41) is 12.0. The van der Waals surface area contributed by atoms with E-state index in [-0.39, 0.29) is 12.3 Å². The van der Waals surface area contributed by atoms with Gasteiger partial charge >= 0.3 is 5.97 Å². The second-order valence-electron chi connectivity index (χ2n) is 5.21. The van der Waals surface area contributed by atoms with E-state index >= 15 is 0 Å². The minimum atomic E-state index is -0.973. The summed E-state index contributed by atoms with van der Waals surface area (Å²) in [6.07, 6.45) is 0.252. The first-order valence-electron chi connectivity index (χ1n) is 7.29. The van der Waals surface area contributed by atoms with Gasteiger partial charge in [-0.15, -0.1) is 0 Å². The molecule has 0 radical (unpaired) electrons. The minimum Gasteiger partial charge on any atom is -0.497 e. The minimum absolute atomic E-state index is 0.0732. The fraction of sp³-hybridized carbons (Fsp3) is 0.222. The number of carbonyl (C=O) groups is 2. The number of benzene rings is 2. The second kappa shape index (κ2) is 7.98. The van der Waals surface area contributed by atoms with E-state index in [2.05, 4.69) is 5.32 Å². The molecule has 5 heteroatoms. The van der Waals surface area contributed by atoms with Crippen LogP contribution in [0.1, 0.15) is 12.0 Å². The third-order valence-corrected chi connectivity index (χ3v) is 3.48. The first-order valence-corrected chi connectivity index (χ1v) is 7.29. The highest BCUT2D eigenvalue weighted by Crippen LogP contribution is 2.17. The van der Waals surface area contributed by atoms with Gasteiger partial charge in [-0.2, -0.15) is 0 Å². The number of carbonyl (C=O) groups excluding carboxylic acids is 1. The van der Waals surface area contributed by atoms with E-state index in [1.165, 1.54) is 0 Å². The lowest BCUT2D eigenvalue weighted by atomic mass is 9.96. The highest BCUT2D eigenvalue weighted by molar-refractivity contribution is 5.93. The number of ether oxygens (including phenoxy) is 1. The average Bonchev–Trinajstić information content (AvgIpc) is 2.56. The molecule has 2 rings (SSSR count). The molecule has 1 amide bonds. The summed E-state index contributed by atoms with van der Waals surface area (Å²) >= 11 is 0. The highest BCUT2D eigenvalue weighted by Gasteiger charge is 2.21. The van der Waals surface area contributed by atoms with Crippen molar-refractivity contribution in [3.63, 3.8) is 0 Å². The number of nitrogens with one attached hydrogen (secondary N) is 1. The van der Waals surface area contributed by atoms with Gasteiger partial charge in [-0.05, 0) is 36.2 Å². The van der Waals surface area contributed by atoms with E-state index in [9.17, 15) is 14.7 Å². The Hall–Kier alpha value is -2.82. The summed E-state index contributed by atoms with van der Waals surface area (Å²) in [4.78, 5) is 23.4. The Morgan fingerprint density at radius 2 is 1.74 bits per heavy atom. The predicted molar refractivity (Wildman–Crippen MR) is 87.5 cm³/mol. The topological polar surface area (TPSA) is 75.6 Å². The molecule has 2 N–H and O–H groups in total. The molecule has 0 saturated carbocycles. The molecule has 2 aromatic carbocycles. The molecular formula is C18H19NO4. The fourth-order valence-corrected chi connectivity index (χ4v) is 2.26. The largest absolute Gasteiger partial charge is 0.497 e. The van der Waals surface area contributed by atoms with Crippen molar-refractivity contribution in [1.82, 2.24) is 0 Å². The van der Waals surface area contributed by atoms with Crippen LogP contribution in [-0.4, -0.2) is 24.1 Å². The van der Waals surface area contributed by atoms with Gasteiger partial charge in [0.15, 0.2) is 0 Å². The van der Waals surface area contributed by atoms with E-state index in [1.807, 2.05) is 30.3 Å². The Kier molecular flexibility index (Phi) is 5.74. The molecule has 0 bridgehead atoms. The average molecular weight is 313 g/mol. The smallest absolute Gasteiger partial charge is 0.307 e. The second-order valence-corrected chi connectivity index (χ2v) is 5.21. The van der Waals surface area contributed by atoms with Crippen molar-refractivity contribution in [2.45, 2.75) is 12.8 Å². The van der Waals surface area contributed by atoms with Crippen LogP contribution in [0.4, 0.5) is 5.69 Å². The van der Waals surface area contributed by atoms with E-state index in [0.29, 0.717) is 17.9 Å². The maximum atomic E-state index is 12.1. The van der Waals surface area contributed by atoms with Crippen LogP contribution in [0, 0.1) is 5.92 Å². The number of carboxylic acid groups (broad SMARTS) is 1. The Morgan fingerprint density at radius 3 is 2.30 bits per heavy atom. The van der Waals surface area contributed by atoms with Crippen molar-refractivity contribution in [2.24, 2.45) is 5.92 Å². The molecule has 0 aromatic heterocycles. The van der Waals surface area contributed by atoms with Gasteiger partial charge in [0, 0.05) is 12.1 Å². The lowest BCUT2D eigenvalue weighted by Gasteiger charge is -2.13. The number of rotatable bonds is 7. The van der Waals surface area contributed by atoms with Gasteiger partial charge in [0.05, 0.1) is 13.0 Å². The Balaban J connectivity index is 1.96. The van der Waals surface area contributed by atoms with Crippen LogP contribution in [0.5, 0.6) is 5.75 Å². The molecule has 0 fully saturated rings. The number of hydrogen-bond donors (Lipinski definition) is 2. The van der Waals surface area contributed by atoms with Crippen molar-refractivity contribution in [1.29, 1.82) is 0 Å². The van der Waals surface area contributed by atoms with Gasteiger partial charge in [0.25, 0.3) is 0 Å². The van der Waals surface area contributed by atoms with Crippen molar-refractivity contribution in [2.75, 3.05) is 12.4 Å². The van der Waals surface area contributed by atoms with Gasteiger partial charge < -0.3 is 15.2 Å². The number of hydrogen-bond acceptors (Lipinski definition) is 3. The molecule has 1 atom stereocenters. The van der Waals surface area contributed by atoms with Crippen molar-refractivity contribution in [3.05, 3.63) is 60.2 Å². The van der Waals surface area contributed by atoms with Crippen LogP contribution in [0.15, 0.2) is 54.6 Å². The summed E-state index contributed by atoms with van der Waals surface area (Å²) in [7, 11) is 1.56. The molecule has 0 saturated heterocycles. The normalized spacial score (nSPS) is 11.5. The first-order chi connectivity index (χ1) is 11.1. The van der Waals surface area contributed by atoms with Crippen molar-refractivity contribution >= 4 is 17.6 Å². The monoisotopic (exact) mass is 313 g/mol. The van der Waals surface area contributed by atoms with Crippen LogP contribution in [0.2, 0.25) is 0 Å². The molecule has 23 heavy (non-hydrogen) atoms. The lowest BCUT2D eigenvalue weighted by molar-refractivity contribution is -0.143. The number of amides is 1. The molecule has 2 aromatic rings. The van der Waals surface area contributed by atoms with Gasteiger partial charge in [-0.1, -0.05) is 30.3 Å². The van der Waals surface area contributed by atoms with E-state index in [1.54, 1.807) is 31.4 Å². The Bertz CT molecular complexity index is 652. The van der Waals surface area contributed by atoms with Crippen LogP contribution < -0.4 is 10.1 Å². The number of methoxy groups -OCH3 is 1.